The SMILES string of the molecule is NC(=O)c1nc(I)cc(C(F)F)c1O. The van der Waals surface area contributed by atoms with Crippen molar-refractivity contribution < 1.29 is 18.7 Å². The number of aromatic nitrogens is 1. The molecule has 0 aliphatic rings. The molecule has 0 fully saturated rings. The van der Waals surface area contributed by atoms with Gasteiger partial charge >= 0.3 is 0 Å². The molecule has 1 aromatic heterocycles. The van der Waals surface area contributed by atoms with E-state index in [0.29, 0.717) is 0 Å². The maximum absolute atomic E-state index is 12.3. The number of pyridine rings is 1. The topological polar surface area (TPSA) is 76.2 Å². The van der Waals surface area contributed by atoms with Crippen molar-refractivity contribution in [1.82, 2.24) is 4.98 Å². The Morgan fingerprint density at radius 1 is 1.64 bits per heavy atom. The summed E-state index contributed by atoms with van der Waals surface area (Å²) < 4.78 is 24.8. The van der Waals surface area contributed by atoms with Crippen LogP contribution >= 0.6 is 22.6 Å². The summed E-state index contributed by atoms with van der Waals surface area (Å²) in [5.74, 6) is -1.89. The van der Waals surface area contributed by atoms with E-state index in [1.54, 1.807) is 22.6 Å². The number of nitrogens with zero attached hydrogens (tertiary/aromatic N) is 1. The van der Waals surface area contributed by atoms with Crippen LogP contribution in [0.1, 0.15) is 22.5 Å². The molecule has 76 valence electrons. The van der Waals surface area contributed by atoms with Crippen molar-refractivity contribution in [3.63, 3.8) is 0 Å². The van der Waals surface area contributed by atoms with Crippen LogP contribution in [0, 0.1) is 3.70 Å². The second-order valence-corrected chi connectivity index (χ2v) is 3.50. The Kier molecular flexibility index (Phi) is 3.19. The molecule has 0 aliphatic carbocycles. The number of halogens is 3. The van der Waals surface area contributed by atoms with Gasteiger partial charge in [0.15, 0.2) is 11.4 Å². The fourth-order valence-electron chi connectivity index (χ4n) is 0.864. The van der Waals surface area contributed by atoms with Gasteiger partial charge in [-0.15, -0.1) is 0 Å². The number of hydrogen-bond donors (Lipinski definition) is 2. The maximum atomic E-state index is 12.3. The van der Waals surface area contributed by atoms with Crippen molar-refractivity contribution in [3.8, 4) is 5.75 Å². The van der Waals surface area contributed by atoms with E-state index >= 15 is 0 Å². The first kappa shape index (κ1) is 11.1. The predicted octanol–water partition coefficient (Wildman–Crippen LogP) is 1.43. The normalized spacial score (nSPS) is 10.6. The van der Waals surface area contributed by atoms with E-state index in [0.717, 1.165) is 6.07 Å². The van der Waals surface area contributed by atoms with Crippen molar-refractivity contribution in [2.75, 3.05) is 0 Å². The molecule has 1 heterocycles. The van der Waals surface area contributed by atoms with E-state index in [9.17, 15) is 18.7 Å². The highest BCUT2D eigenvalue weighted by Gasteiger charge is 2.20. The van der Waals surface area contributed by atoms with Crippen LogP contribution in [0.5, 0.6) is 5.75 Å². The van der Waals surface area contributed by atoms with E-state index in [1.165, 1.54) is 0 Å². The lowest BCUT2D eigenvalue weighted by Crippen LogP contribution is -2.14. The van der Waals surface area contributed by atoms with Gasteiger partial charge in [-0.25, -0.2) is 13.8 Å². The Morgan fingerprint density at radius 3 is 2.64 bits per heavy atom. The second kappa shape index (κ2) is 4.03. The average molecular weight is 314 g/mol. The molecule has 1 aromatic rings. The number of nitrogens with two attached hydrogens (primary N) is 1. The van der Waals surface area contributed by atoms with Gasteiger partial charge in [0, 0.05) is 0 Å². The highest BCUT2D eigenvalue weighted by Crippen LogP contribution is 2.30. The van der Waals surface area contributed by atoms with E-state index in [1.807, 2.05) is 0 Å². The van der Waals surface area contributed by atoms with Crippen LogP contribution in [0.25, 0.3) is 0 Å². The van der Waals surface area contributed by atoms with Gasteiger partial charge in [0.2, 0.25) is 0 Å². The number of rotatable bonds is 2. The molecule has 0 unspecified atom stereocenters. The number of carbonyl (C=O) groups is 1. The molecule has 7 heteroatoms. The predicted molar refractivity (Wildman–Crippen MR) is 52.1 cm³/mol. The molecule has 0 bridgehead atoms. The highest BCUT2D eigenvalue weighted by atomic mass is 127. The third-order valence-corrected chi connectivity index (χ3v) is 2.01. The Morgan fingerprint density at radius 2 is 2.21 bits per heavy atom. The number of primary amides is 1. The van der Waals surface area contributed by atoms with Gasteiger partial charge in [-0.05, 0) is 28.7 Å². The first-order chi connectivity index (χ1) is 6.43. The van der Waals surface area contributed by atoms with Crippen molar-refractivity contribution in [2.45, 2.75) is 6.43 Å². The largest absolute Gasteiger partial charge is 0.505 e. The van der Waals surface area contributed by atoms with Crippen LogP contribution in [-0.2, 0) is 0 Å². The van der Waals surface area contributed by atoms with Gasteiger partial charge in [-0.3, -0.25) is 4.79 Å². The first-order valence-corrected chi connectivity index (χ1v) is 4.48. The molecule has 1 amide bonds. The summed E-state index contributed by atoms with van der Waals surface area (Å²) in [6, 6.07) is 0.993. The zero-order valence-corrected chi connectivity index (χ0v) is 8.83. The zero-order valence-electron chi connectivity index (χ0n) is 6.67. The number of alkyl halides is 2. The molecule has 0 aliphatic heterocycles. The minimum absolute atomic E-state index is 0.171. The first-order valence-electron chi connectivity index (χ1n) is 3.41. The van der Waals surface area contributed by atoms with Crippen LogP contribution in [0.3, 0.4) is 0 Å². The minimum Gasteiger partial charge on any atom is -0.505 e. The third kappa shape index (κ3) is 2.08. The smallest absolute Gasteiger partial charge is 0.271 e. The summed E-state index contributed by atoms with van der Waals surface area (Å²) in [5.41, 5.74) is 3.67. The summed E-state index contributed by atoms with van der Waals surface area (Å²) in [7, 11) is 0. The van der Waals surface area contributed by atoms with Crippen LogP contribution in [0.2, 0.25) is 0 Å². The number of amides is 1. The lowest BCUT2D eigenvalue weighted by Gasteiger charge is -2.06. The van der Waals surface area contributed by atoms with Crippen LogP contribution in [0.15, 0.2) is 6.07 Å². The lowest BCUT2D eigenvalue weighted by molar-refractivity contribution is 0.0991. The molecule has 14 heavy (non-hydrogen) atoms. The number of hydrogen-bond acceptors (Lipinski definition) is 3. The lowest BCUT2D eigenvalue weighted by atomic mass is 10.2. The zero-order chi connectivity index (χ0) is 10.9. The third-order valence-electron chi connectivity index (χ3n) is 1.46. The quantitative estimate of drug-likeness (QED) is 0.640. The second-order valence-electron chi connectivity index (χ2n) is 2.40. The van der Waals surface area contributed by atoms with Gasteiger partial charge in [0.05, 0.1) is 5.56 Å². The molecule has 0 saturated carbocycles. The summed E-state index contributed by atoms with van der Waals surface area (Å²) in [6.07, 6.45) is -2.87. The molecule has 0 atom stereocenters. The molecule has 1 rings (SSSR count). The van der Waals surface area contributed by atoms with Gasteiger partial charge < -0.3 is 10.8 Å². The maximum Gasteiger partial charge on any atom is 0.271 e. The van der Waals surface area contributed by atoms with Crippen molar-refractivity contribution in [2.24, 2.45) is 5.73 Å². The highest BCUT2D eigenvalue weighted by molar-refractivity contribution is 14.1. The molecule has 0 aromatic carbocycles. The van der Waals surface area contributed by atoms with Crippen molar-refractivity contribution >= 4 is 28.5 Å². The van der Waals surface area contributed by atoms with Gasteiger partial charge in [-0.1, -0.05) is 0 Å². The van der Waals surface area contributed by atoms with Gasteiger partial charge in [0.1, 0.15) is 3.70 Å². The van der Waals surface area contributed by atoms with Gasteiger partial charge in [0.25, 0.3) is 12.3 Å². The number of aromatic hydroxyl groups is 1. The summed E-state index contributed by atoms with van der Waals surface area (Å²) >= 11 is 1.65. The Labute approximate surface area is 91.3 Å². The Balaban J connectivity index is 3.40. The van der Waals surface area contributed by atoms with Crippen LogP contribution < -0.4 is 5.73 Å². The Bertz CT molecular complexity index is 384. The minimum atomic E-state index is -2.87. The van der Waals surface area contributed by atoms with E-state index in [2.05, 4.69) is 4.98 Å². The molecule has 0 saturated heterocycles. The van der Waals surface area contributed by atoms with Crippen LogP contribution in [0.4, 0.5) is 8.78 Å². The summed E-state index contributed by atoms with van der Waals surface area (Å²) in [6.45, 7) is 0. The average Bonchev–Trinajstić information content (AvgIpc) is 2.07. The van der Waals surface area contributed by atoms with Crippen molar-refractivity contribution in [3.05, 3.63) is 21.0 Å². The van der Waals surface area contributed by atoms with Crippen molar-refractivity contribution in [1.29, 1.82) is 0 Å². The van der Waals surface area contributed by atoms with Gasteiger partial charge in [-0.2, -0.15) is 0 Å². The molecule has 0 radical (unpaired) electrons. The fourth-order valence-corrected chi connectivity index (χ4v) is 1.44. The van der Waals surface area contributed by atoms with E-state index < -0.39 is 29.3 Å². The molecular weight excluding hydrogens is 309 g/mol. The molecular formula is C7H5F2IN2O2. The molecule has 4 nitrogen and oxygen atoms in total. The monoisotopic (exact) mass is 314 g/mol. The van der Waals surface area contributed by atoms with E-state index in [-0.39, 0.29) is 3.70 Å². The Hall–Kier alpha value is -0.990. The number of carbonyl (C=O) groups excluding carboxylic acids is 1. The summed E-state index contributed by atoms with van der Waals surface area (Å²) in [4.78, 5) is 14.2. The van der Waals surface area contributed by atoms with Crippen LogP contribution in [-0.4, -0.2) is 16.0 Å². The molecule has 3 N–H and O–H groups in total. The fraction of sp³-hybridized carbons (Fsp3) is 0.143. The molecule has 0 spiro atoms. The summed E-state index contributed by atoms with van der Waals surface area (Å²) in [5, 5.41) is 9.21. The van der Waals surface area contributed by atoms with E-state index in [4.69, 9.17) is 5.73 Å². The standard InChI is InChI=1S/C7H5F2IN2O2/c8-6(9)2-1-3(10)12-4(5(2)13)7(11)14/h1,6,13H,(H2,11,14).